The third-order valence-electron chi connectivity index (χ3n) is 3.86. The summed E-state index contributed by atoms with van der Waals surface area (Å²) in [5.41, 5.74) is 0. The largest absolute Gasteiger partial charge is 0.453 e. The fourth-order valence-corrected chi connectivity index (χ4v) is 3.09. The van der Waals surface area contributed by atoms with E-state index in [1.807, 2.05) is 6.07 Å². The van der Waals surface area contributed by atoms with Crippen molar-refractivity contribution in [3.63, 3.8) is 0 Å². The molecule has 3 nitrogen and oxygen atoms in total. The second-order valence-corrected chi connectivity index (χ2v) is 6.42. The van der Waals surface area contributed by atoms with Gasteiger partial charge in [-0.3, -0.25) is 4.90 Å². The Kier molecular flexibility index (Phi) is 4.07. The van der Waals surface area contributed by atoms with Crippen molar-refractivity contribution in [3.8, 4) is 0 Å². The van der Waals surface area contributed by atoms with Crippen molar-refractivity contribution in [2.75, 3.05) is 19.6 Å². The van der Waals surface area contributed by atoms with Gasteiger partial charge in [0.2, 0.25) is 0 Å². The van der Waals surface area contributed by atoms with Crippen LogP contribution >= 0.6 is 15.9 Å². The summed E-state index contributed by atoms with van der Waals surface area (Å²) < 4.78 is 6.47. The molecule has 1 aromatic rings. The van der Waals surface area contributed by atoms with Crippen molar-refractivity contribution in [1.29, 1.82) is 0 Å². The lowest BCUT2D eigenvalue weighted by molar-refractivity contribution is 0.214. The maximum atomic E-state index is 5.64. The molecule has 0 bridgehead atoms. The third kappa shape index (κ3) is 3.59. The summed E-state index contributed by atoms with van der Waals surface area (Å²) in [6, 6.07) is 4.74. The zero-order valence-corrected chi connectivity index (χ0v) is 12.3. The predicted octanol–water partition coefficient (Wildman–Crippen LogP) is 3.01. The highest BCUT2D eigenvalue weighted by Gasteiger charge is 2.26. The molecule has 2 fully saturated rings. The summed E-state index contributed by atoms with van der Waals surface area (Å²) in [6.07, 6.45) is 5.48. The summed E-state index contributed by atoms with van der Waals surface area (Å²) in [5.74, 6) is 2.00. The quantitative estimate of drug-likeness (QED) is 0.875. The molecule has 100 valence electrons. The molecule has 2 aliphatic rings. The van der Waals surface area contributed by atoms with E-state index in [2.05, 4.69) is 32.2 Å². The second-order valence-electron chi connectivity index (χ2n) is 5.64. The van der Waals surface area contributed by atoms with Crippen LogP contribution in [0, 0.1) is 5.92 Å². The van der Waals surface area contributed by atoms with Gasteiger partial charge in [0.25, 0.3) is 0 Å². The van der Waals surface area contributed by atoms with Gasteiger partial charge in [-0.15, -0.1) is 0 Å². The Balaban J connectivity index is 1.57. The molecule has 1 aliphatic carbocycles. The van der Waals surface area contributed by atoms with Gasteiger partial charge < -0.3 is 9.73 Å². The first-order valence-electron chi connectivity index (χ1n) is 6.99. The molecule has 2 heterocycles. The normalized spacial score (nSPS) is 24.0. The number of hydrogen-bond acceptors (Lipinski definition) is 3. The number of hydrogen-bond donors (Lipinski definition) is 1. The monoisotopic (exact) mass is 312 g/mol. The number of nitrogens with zero attached hydrogens (tertiary/aromatic N) is 1. The molecule has 0 aromatic carbocycles. The van der Waals surface area contributed by atoms with Crippen LogP contribution in [0.3, 0.4) is 0 Å². The van der Waals surface area contributed by atoms with Crippen LogP contribution in [0.4, 0.5) is 0 Å². The van der Waals surface area contributed by atoms with Gasteiger partial charge in [-0.2, -0.15) is 0 Å². The minimum absolute atomic E-state index is 0.683. The number of furan rings is 1. The average Bonchev–Trinajstić information content (AvgIpc) is 2.84. The minimum Gasteiger partial charge on any atom is -0.453 e. The van der Waals surface area contributed by atoms with E-state index in [0.717, 1.165) is 29.4 Å². The average molecular weight is 313 g/mol. The first-order valence-corrected chi connectivity index (χ1v) is 7.79. The number of rotatable bonds is 6. The van der Waals surface area contributed by atoms with E-state index in [0.29, 0.717) is 6.04 Å². The Morgan fingerprint density at radius 2 is 2.17 bits per heavy atom. The molecule has 1 unspecified atom stereocenters. The predicted molar refractivity (Wildman–Crippen MR) is 75.4 cm³/mol. The lowest BCUT2D eigenvalue weighted by atomic mass is 10.2. The zero-order valence-electron chi connectivity index (χ0n) is 10.7. The van der Waals surface area contributed by atoms with Crippen LogP contribution in [-0.2, 0) is 6.54 Å². The fraction of sp³-hybridized carbons (Fsp3) is 0.714. The van der Waals surface area contributed by atoms with Gasteiger partial charge in [0, 0.05) is 19.1 Å². The molecule has 1 atom stereocenters. The summed E-state index contributed by atoms with van der Waals surface area (Å²) >= 11 is 3.38. The van der Waals surface area contributed by atoms with Gasteiger partial charge in [-0.1, -0.05) is 0 Å². The van der Waals surface area contributed by atoms with E-state index in [1.54, 1.807) is 0 Å². The summed E-state index contributed by atoms with van der Waals surface area (Å²) in [5, 5.41) is 3.59. The zero-order chi connectivity index (χ0) is 12.4. The lowest BCUT2D eigenvalue weighted by Crippen LogP contribution is -2.38. The lowest BCUT2D eigenvalue weighted by Gasteiger charge is -2.24. The first-order chi connectivity index (χ1) is 8.79. The van der Waals surface area contributed by atoms with E-state index < -0.39 is 0 Å². The molecule has 3 rings (SSSR count). The van der Waals surface area contributed by atoms with Crippen LogP contribution < -0.4 is 5.32 Å². The Labute approximate surface area is 117 Å². The van der Waals surface area contributed by atoms with Crippen LogP contribution in [0.1, 0.15) is 31.4 Å². The second kappa shape index (κ2) is 5.76. The van der Waals surface area contributed by atoms with Crippen LogP contribution in [-0.4, -0.2) is 30.6 Å². The molecule has 18 heavy (non-hydrogen) atoms. The van der Waals surface area contributed by atoms with E-state index in [-0.39, 0.29) is 0 Å². The molecule has 1 saturated carbocycles. The molecular weight excluding hydrogens is 292 g/mol. The maximum Gasteiger partial charge on any atom is 0.169 e. The standard InChI is InChI=1S/C14H21BrN2O/c15-14-6-5-13(18-14)10-17(8-11-3-4-11)9-12-2-1-7-16-12/h5-6,11-12,16H,1-4,7-10H2. The van der Waals surface area contributed by atoms with Crippen molar-refractivity contribution >= 4 is 15.9 Å². The van der Waals surface area contributed by atoms with Gasteiger partial charge in [-0.05, 0) is 66.2 Å². The van der Waals surface area contributed by atoms with Gasteiger partial charge in [0.05, 0.1) is 6.54 Å². The maximum absolute atomic E-state index is 5.64. The Morgan fingerprint density at radius 1 is 1.28 bits per heavy atom. The van der Waals surface area contributed by atoms with Crippen LogP contribution in [0.5, 0.6) is 0 Å². The van der Waals surface area contributed by atoms with Gasteiger partial charge in [0.1, 0.15) is 5.76 Å². The third-order valence-corrected chi connectivity index (χ3v) is 4.29. The van der Waals surface area contributed by atoms with Crippen molar-refractivity contribution < 1.29 is 4.42 Å². The molecule has 0 spiro atoms. The van der Waals surface area contributed by atoms with E-state index in [4.69, 9.17) is 4.42 Å². The van der Waals surface area contributed by atoms with Crippen molar-refractivity contribution in [2.24, 2.45) is 5.92 Å². The topological polar surface area (TPSA) is 28.4 Å². The summed E-state index contributed by atoms with van der Waals surface area (Å²) in [6.45, 7) is 4.53. The molecule has 1 aromatic heterocycles. The Bertz CT molecular complexity index is 383. The molecule has 4 heteroatoms. The van der Waals surface area contributed by atoms with E-state index in [1.165, 1.54) is 38.8 Å². The molecule has 1 N–H and O–H groups in total. The highest BCUT2D eigenvalue weighted by Crippen LogP contribution is 2.30. The van der Waals surface area contributed by atoms with E-state index >= 15 is 0 Å². The highest BCUT2D eigenvalue weighted by molar-refractivity contribution is 9.10. The van der Waals surface area contributed by atoms with Crippen molar-refractivity contribution in [2.45, 2.75) is 38.3 Å². The summed E-state index contributed by atoms with van der Waals surface area (Å²) in [7, 11) is 0. The van der Waals surface area contributed by atoms with Crippen LogP contribution in [0.25, 0.3) is 0 Å². The van der Waals surface area contributed by atoms with Gasteiger partial charge in [-0.25, -0.2) is 0 Å². The first kappa shape index (κ1) is 12.7. The molecule has 1 aliphatic heterocycles. The highest BCUT2D eigenvalue weighted by atomic mass is 79.9. The Hall–Kier alpha value is -0.320. The minimum atomic E-state index is 0.683. The molecule has 0 amide bonds. The number of halogens is 1. The van der Waals surface area contributed by atoms with E-state index in [9.17, 15) is 0 Å². The van der Waals surface area contributed by atoms with Gasteiger partial charge >= 0.3 is 0 Å². The van der Waals surface area contributed by atoms with Crippen molar-refractivity contribution in [3.05, 3.63) is 22.6 Å². The SMILES string of the molecule is Brc1ccc(CN(CC2CC2)CC2CCCN2)o1. The fourth-order valence-electron chi connectivity index (χ4n) is 2.75. The van der Waals surface area contributed by atoms with Crippen LogP contribution in [0.2, 0.25) is 0 Å². The number of nitrogens with one attached hydrogen (secondary N) is 1. The Morgan fingerprint density at radius 3 is 2.78 bits per heavy atom. The molecule has 1 saturated heterocycles. The molecular formula is C14H21BrN2O. The molecule has 0 radical (unpaired) electrons. The smallest absolute Gasteiger partial charge is 0.169 e. The van der Waals surface area contributed by atoms with Gasteiger partial charge in [0.15, 0.2) is 4.67 Å². The summed E-state index contributed by atoms with van der Waals surface area (Å²) in [4.78, 5) is 2.56. The van der Waals surface area contributed by atoms with Crippen LogP contribution in [0.15, 0.2) is 21.2 Å². The van der Waals surface area contributed by atoms with Crippen molar-refractivity contribution in [1.82, 2.24) is 10.2 Å².